The summed E-state index contributed by atoms with van der Waals surface area (Å²) in [5.74, 6) is 0.727. The summed E-state index contributed by atoms with van der Waals surface area (Å²) in [7, 11) is 0. The number of rotatable bonds is 3. The molecule has 1 saturated carbocycles. The Bertz CT molecular complexity index is 302. The lowest BCUT2D eigenvalue weighted by atomic mass is 9.81. The van der Waals surface area contributed by atoms with Crippen LogP contribution in [-0.4, -0.2) is 5.11 Å². The van der Waals surface area contributed by atoms with E-state index >= 15 is 0 Å². The molecule has 0 radical (unpaired) electrons. The van der Waals surface area contributed by atoms with Crippen LogP contribution >= 0.6 is 38.9 Å². The third-order valence-corrected chi connectivity index (χ3v) is 5.35. The molecule has 1 unspecified atom stereocenters. The summed E-state index contributed by atoms with van der Waals surface area (Å²) in [6.45, 7) is 0. The van der Waals surface area contributed by atoms with Crippen molar-refractivity contribution in [3.63, 3.8) is 0 Å². The molecule has 1 atom stereocenters. The highest BCUT2D eigenvalue weighted by atomic mass is 79.9. The van der Waals surface area contributed by atoms with Gasteiger partial charge in [-0.1, -0.05) is 30.9 Å². The first-order valence-corrected chi connectivity index (χ1v) is 6.78. The second kappa shape index (κ2) is 4.52. The smallest absolute Gasteiger partial charge is 0.107 e. The van der Waals surface area contributed by atoms with Crippen molar-refractivity contribution in [1.29, 1.82) is 0 Å². The molecule has 14 heavy (non-hydrogen) atoms. The average Bonchev–Trinajstić information content (AvgIpc) is 2.40. The SMILES string of the molecule is OC(CC1CCC1)c1cc(Br)c(Cl)s1. The highest BCUT2D eigenvalue weighted by Gasteiger charge is 2.23. The minimum Gasteiger partial charge on any atom is -0.388 e. The molecule has 0 bridgehead atoms. The van der Waals surface area contributed by atoms with E-state index in [0.717, 1.165) is 26.0 Å². The largest absolute Gasteiger partial charge is 0.388 e. The van der Waals surface area contributed by atoms with Gasteiger partial charge in [-0.3, -0.25) is 0 Å². The van der Waals surface area contributed by atoms with E-state index in [1.165, 1.54) is 30.6 Å². The van der Waals surface area contributed by atoms with Gasteiger partial charge in [0.1, 0.15) is 4.34 Å². The van der Waals surface area contributed by atoms with Gasteiger partial charge in [-0.25, -0.2) is 0 Å². The molecule has 1 heterocycles. The predicted octanol–water partition coefficient (Wildman–Crippen LogP) is 4.39. The molecule has 0 saturated heterocycles. The summed E-state index contributed by atoms with van der Waals surface area (Å²) in [6.07, 6.45) is 4.44. The Morgan fingerprint density at radius 2 is 2.36 bits per heavy atom. The maximum absolute atomic E-state index is 9.92. The molecule has 1 aliphatic carbocycles. The Labute approximate surface area is 101 Å². The number of hydrogen-bond acceptors (Lipinski definition) is 2. The van der Waals surface area contributed by atoms with Gasteiger partial charge in [0.05, 0.1) is 6.10 Å². The van der Waals surface area contributed by atoms with Crippen molar-refractivity contribution in [3.05, 3.63) is 19.8 Å². The fourth-order valence-corrected chi connectivity index (χ4v) is 3.42. The van der Waals surface area contributed by atoms with Gasteiger partial charge in [0.25, 0.3) is 0 Å². The van der Waals surface area contributed by atoms with Crippen LogP contribution in [0.3, 0.4) is 0 Å². The highest BCUT2D eigenvalue weighted by molar-refractivity contribution is 9.10. The van der Waals surface area contributed by atoms with Gasteiger partial charge < -0.3 is 5.11 Å². The van der Waals surface area contributed by atoms with E-state index < -0.39 is 0 Å². The first kappa shape index (κ1) is 10.9. The van der Waals surface area contributed by atoms with E-state index in [9.17, 15) is 5.11 Å². The Morgan fingerprint density at radius 3 is 2.79 bits per heavy atom. The predicted molar refractivity (Wildman–Crippen MR) is 63.9 cm³/mol. The maximum atomic E-state index is 9.92. The van der Waals surface area contributed by atoms with E-state index in [0.29, 0.717) is 0 Å². The lowest BCUT2D eigenvalue weighted by molar-refractivity contribution is 0.121. The zero-order valence-corrected chi connectivity index (χ0v) is 10.8. The van der Waals surface area contributed by atoms with Crippen LogP contribution in [0, 0.1) is 5.92 Å². The van der Waals surface area contributed by atoms with Crippen molar-refractivity contribution in [1.82, 2.24) is 0 Å². The molecule has 0 spiro atoms. The van der Waals surface area contributed by atoms with Crippen LogP contribution in [0.2, 0.25) is 4.34 Å². The van der Waals surface area contributed by atoms with Gasteiger partial charge in [-0.2, -0.15) is 0 Å². The minimum atomic E-state index is -0.325. The molecule has 0 aliphatic heterocycles. The molecule has 0 aromatic carbocycles. The van der Waals surface area contributed by atoms with Crippen molar-refractivity contribution >= 4 is 38.9 Å². The van der Waals surface area contributed by atoms with Crippen LogP contribution in [0.25, 0.3) is 0 Å². The maximum Gasteiger partial charge on any atom is 0.107 e. The fraction of sp³-hybridized carbons (Fsp3) is 0.600. The second-order valence-corrected chi connectivity index (χ2v) is 6.36. The summed E-state index contributed by atoms with van der Waals surface area (Å²) in [5, 5.41) is 9.92. The summed E-state index contributed by atoms with van der Waals surface area (Å²) >= 11 is 10.7. The molecule has 1 aromatic rings. The summed E-state index contributed by atoms with van der Waals surface area (Å²) in [6, 6.07) is 1.93. The van der Waals surface area contributed by atoms with Gasteiger partial charge in [0.15, 0.2) is 0 Å². The lowest BCUT2D eigenvalue weighted by Gasteiger charge is -2.27. The summed E-state index contributed by atoms with van der Waals surface area (Å²) in [5.41, 5.74) is 0. The third-order valence-electron chi connectivity index (χ3n) is 2.77. The zero-order chi connectivity index (χ0) is 10.1. The van der Waals surface area contributed by atoms with Crippen LogP contribution in [0.1, 0.15) is 36.7 Å². The van der Waals surface area contributed by atoms with Gasteiger partial charge in [0.2, 0.25) is 0 Å². The van der Waals surface area contributed by atoms with E-state index in [4.69, 9.17) is 11.6 Å². The molecule has 1 N–H and O–H groups in total. The van der Waals surface area contributed by atoms with Crippen molar-refractivity contribution in [2.75, 3.05) is 0 Å². The minimum absolute atomic E-state index is 0.325. The van der Waals surface area contributed by atoms with Crippen molar-refractivity contribution < 1.29 is 5.11 Å². The molecule has 1 nitrogen and oxygen atoms in total. The standard InChI is InChI=1S/C10H12BrClOS/c11-7-5-9(14-10(7)12)8(13)4-6-2-1-3-6/h5-6,8,13H,1-4H2. The number of aliphatic hydroxyl groups is 1. The first-order valence-electron chi connectivity index (χ1n) is 4.79. The fourth-order valence-electron chi connectivity index (χ4n) is 1.69. The Balaban J connectivity index is 1.98. The quantitative estimate of drug-likeness (QED) is 0.877. The van der Waals surface area contributed by atoms with Crippen molar-refractivity contribution in [3.8, 4) is 0 Å². The second-order valence-electron chi connectivity index (χ2n) is 3.82. The molecule has 1 aromatic heterocycles. The third kappa shape index (κ3) is 2.32. The molecule has 1 aliphatic rings. The number of aliphatic hydroxyl groups excluding tert-OH is 1. The first-order chi connectivity index (χ1) is 6.66. The molecule has 2 rings (SSSR count). The Kier molecular flexibility index (Phi) is 3.53. The molecular formula is C10H12BrClOS. The Hall–Kier alpha value is 0.430. The molecular weight excluding hydrogens is 284 g/mol. The normalized spacial score (nSPS) is 19.4. The molecule has 78 valence electrons. The van der Waals surface area contributed by atoms with Gasteiger partial charge in [-0.05, 0) is 34.3 Å². The van der Waals surface area contributed by atoms with E-state index in [1.807, 2.05) is 6.07 Å². The summed E-state index contributed by atoms with van der Waals surface area (Å²) in [4.78, 5) is 0.980. The Morgan fingerprint density at radius 1 is 1.64 bits per heavy atom. The van der Waals surface area contributed by atoms with Gasteiger partial charge >= 0.3 is 0 Å². The van der Waals surface area contributed by atoms with E-state index in [-0.39, 0.29) is 6.10 Å². The zero-order valence-electron chi connectivity index (χ0n) is 7.67. The van der Waals surface area contributed by atoms with Crippen LogP contribution in [-0.2, 0) is 0 Å². The van der Waals surface area contributed by atoms with Gasteiger partial charge in [0, 0.05) is 9.35 Å². The molecule has 0 amide bonds. The highest BCUT2D eigenvalue weighted by Crippen LogP contribution is 2.40. The number of halogens is 2. The molecule has 4 heteroatoms. The monoisotopic (exact) mass is 294 g/mol. The summed E-state index contributed by atoms with van der Waals surface area (Å²) < 4.78 is 1.62. The van der Waals surface area contributed by atoms with Crippen LogP contribution < -0.4 is 0 Å². The van der Waals surface area contributed by atoms with Crippen LogP contribution in [0.15, 0.2) is 10.5 Å². The van der Waals surface area contributed by atoms with E-state index in [2.05, 4.69) is 15.9 Å². The van der Waals surface area contributed by atoms with Crippen LogP contribution in [0.5, 0.6) is 0 Å². The lowest BCUT2D eigenvalue weighted by Crippen LogP contribution is -2.14. The average molecular weight is 296 g/mol. The number of thiophene rings is 1. The van der Waals surface area contributed by atoms with Crippen LogP contribution in [0.4, 0.5) is 0 Å². The van der Waals surface area contributed by atoms with E-state index in [1.54, 1.807) is 0 Å². The topological polar surface area (TPSA) is 20.2 Å². The van der Waals surface area contributed by atoms with Crippen molar-refractivity contribution in [2.45, 2.75) is 31.8 Å². The van der Waals surface area contributed by atoms with Gasteiger partial charge in [-0.15, -0.1) is 11.3 Å². The molecule has 1 fully saturated rings. The number of hydrogen-bond donors (Lipinski definition) is 1. The van der Waals surface area contributed by atoms with Crippen molar-refractivity contribution in [2.24, 2.45) is 5.92 Å².